The summed E-state index contributed by atoms with van der Waals surface area (Å²) in [4.78, 5) is 14.7. The maximum absolute atomic E-state index is 10.9. The number of carboxylic acids is 1. The lowest BCUT2D eigenvalue weighted by atomic mass is 10.3. The van der Waals surface area contributed by atoms with Crippen LogP contribution in [0.2, 0.25) is 0 Å². The maximum Gasteiger partial charge on any atom is 0.372 e. The van der Waals surface area contributed by atoms with Crippen molar-refractivity contribution in [2.24, 2.45) is 7.05 Å². The number of aromatic carboxylic acids is 1. The smallest absolute Gasteiger partial charge is 0.372 e. The lowest BCUT2D eigenvalue weighted by molar-refractivity contribution is 0.0679. The molecule has 1 heterocycles. The number of aromatic nitrogens is 2. The van der Waals surface area contributed by atoms with E-state index >= 15 is 0 Å². The fraction of sp³-hybridized carbons (Fsp3) is 0.231. The highest BCUT2D eigenvalue weighted by molar-refractivity contribution is 5.83. The van der Waals surface area contributed by atoms with E-state index in [2.05, 4.69) is 4.98 Å². The fourth-order valence-electron chi connectivity index (χ4n) is 1.63. The third kappa shape index (κ3) is 2.85. The molecular formula is C13H14N2O4. The van der Waals surface area contributed by atoms with Crippen LogP contribution in [0.4, 0.5) is 0 Å². The van der Waals surface area contributed by atoms with Gasteiger partial charge in [-0.15, -0.1) is 0 Å². The number of imidazole rings is 1. The summed E-state index contributed by atoms with van der Waals surface area (Å²) in [7, 11) is 3.22. The van der Waals surface area contributed by atoms with Crippen LogP contribution in [-0.4, -0.2) is 27.7 Å². The van der Waals surface area contributed by atoms with Gasteiger partial charge in [-0.05, 0) is 12.1 Å². The molecule has 1 aromatic carbocycles. The van der Waals surface area contributed by atoms with Crippen molar-refractivity contribution in [1.29, 1.82) is 0 Å². The van der Waals surface area contributed by atoms with Gasteiger partial charge in [0.2, 0.25) is 5.82 Å². The lowest BCUT2D eigenvalue weighted by Gasteiger charge is -2.08. The summed E-state index contributed by atoms with van der Waals surface area (Å²) < 4.78 is 12.2. The Kier molecular flexibility index (Phi) is 3.70. The molecule has 1 aromatic heterocycles. The monoisotopic (exact) mass is 262 g/mol. The van der Waals surface area contributed by atoms with Crippen molar-refractivity contribution in [3.8, 4) is 11.5 Å². The van der Waals surface area contributed by atoms with E-state index < -0.39 is 5.97 Å². The van der Waals surface area contributed by atoms with Gasteiger partial charge < -0.3 is 19.1 Å². The molecule has 2 aromatic rings. The molecule has 2 rings (SSSR count). The molecular weight excluding hydrogens is 248 g/mol. The van der Waals surface area contributed by atoms with Crippen LogP contribution in [-0.2, 0) is 13.7 Å². The second kappa shape index (κ2) is 5.43. The highest BCUT2D eigenvalue weighted by Gasteiger charge is 2.13. The molecule has 6 heteroatoms. The number of nitrogens with zero attached hydrogens (tertiary/aromatic N) is 2. The van der Waals surface area contributed by atoms with Gasteiger partial charge >= 0.3 is 5.97 Å². The van der Waals surface area contributed by atoms with Crippen LogP contribution >= 0.6 is 0 Å². The normalized spacial score (nSPS) is 10.2. The third-order valence-corrected chi connectivity index (χ3v) is 2.70. The van der Waals surface area contributed by atoms with Gasteiger partial charge in [0.1, 0.15) is 18.1 Å². The second-order valence-electron chi connectivity index (χ2n) is 3.90. The van der Waals surface area contributed by atoms with Crippen LogP contribution < -0.4 is 9.47 Å². The highest BCUT2D eigenvalue weighted by Crippen LogP contribution is 2.20. The summed E-state index contributed by atoms with van der Waals surface area (Å²) in [6.07, 6.45) is 1.49. The van der Waals surface area contributed by atoms with Crippen molar-refractivity contribution in [1.82, 2.24) is 9.55 Å². The summed E-state index contributed by atoms with van der Waals surface area (Å²) in [6.45, 7) is 0.240. The number of ether oxygens (including phenoxy) is 2. The first kappa shape index (κ1) is 12.9. The SMILES string of the molecule is COc1cccc(OCc2cnc(C(=O)O)n2C)c1. The summed E-state index contributed by atoms with van der Waals surface area (Å²) >= 11 is 0. The Morgan fingerprint density at radius 1 is 1.42 bits per heavy atom. The number of carboxylic acid groups (broad SMARTS) is 1. The zero-order chi connectivity index (χ0) is 13.8. The molecule has 1 N–H and O–H groups in total. The number of rotatable bonds is 5. The summed E-state index contributed by atoms with van der Waals surface area (Å²) in [5.41, 5.74) is 0.681. The van der Waals surface area contributed by atoms with Crippen LogP contribution in [0.3, 0.4) is 0 Å². The van der Waals surface area contributed by atoms with Gasteiger partial charge in [0, 0.05) is 13.1 Å². The minimum Gasteiger partial charge on any atom is -0.497 e. The van der Waals surface area contributed by atoms with E-state index in [1.54, 1.807) is 26.3 Å². The standard InChI is InChI=1S/C13H14N2O4/c1-15-9(7-14-12(15)13(16)17)8-19-11-5-3-4-10(6-11)18-2/h3-7H,8H2,1-2H3,(H,16,17). The van der Waals surface area contributed by atoms with E-state index in [4.69, 9.17) is 14.6 Å². The molecule has 0 aliphatic carbocycles. The van der Waals surface area contributed by atoms with Crippen LogP contribution in [0, 0.1) is 0 Å². The van der Waals surface area contributed by atoms with E-state index in [-0.39, 0.29) is 12.4 Å². The molecule has 19 heavy (non-hydrogen) atoms. The fourth-order valence-corrected chi connectivity index (χ4v) is 1.63. The van der Waals surface area contributed by atoms with Crippen LogP contribution in [0.5, 0.6) is 11.5 Å². The molecule has 0 saturated heterocycles. The maximum atomic E-state index is 10.9. The van der Waals surface area contributed by atoms with Gasteiger partial charge in [-0.2, -0.15) is 0 Å². The van der Waals surface area contributed by atoms with E-state index in [9.17, 15) is 4.79 Å². The van der Waals surface area contributed by atoms with E-state index in [0.717, 1.165) is 0 Å². The van der Waals surface area contributed by atoms with Crippen molar-refractivity contribution in [3.63, 3.8) is 0 Å². The summed E-state index contributed by atoms with van der Waals surface area (Å²) in [5.74, 6) is 0.283. The molecule has 0 spiro atoms. The van der Waals surface area contributed by atoms with Crippen LogP contribution in [0.1, 0.15) is 16.3 Å². The predicted molar refractivity (Wildman–Crippen MR) is 67.5 cm³/mol. The molecule has 0 amide bonds. The number of hydrogen-bond donors (Lipinski definition) is 1. The topological polar surface area (TPSA) is 73.6 Å². The Bertz CT molecular complexity index is 592. The van der Waals surface area contributed by atoms with Gasteiger partial charge in [-0.25, -0.2) is 9.78 Å². The minimum atomic E-state index is -1.06. The van der Waals surface area contributed by atoms with Gasteiger partial charge in [0.15, 0.2) is 0 Å². The molecule has 0 aliphatic heterocycles. The first-order chi connectivity index (χ1) is 9.11. The third-order valence-electron chi connectivity index (χ3n) is 2.70. The van der Waals surface area contributed by atoms with Gasteiger partial charge in [0.25, 0.3) is 0 Å². The molecule has 100 valence electrons. The molecule has 0 bridgehead atoms. The Morgan fingerprint density at radius 3 is 2.79 bits per heavy atom. The van der Waals surface area contributed by atoms with Crippen molar-refractivity contribution >= 4 is 5.97 Å². The molecule has 0 fully saturated rings. The zero-order valence-corrected chi connectivity index (χ0v) is 10.7. The lowest BCUT2D eigenvalue weighted by Crippen LogP contribution is -2.09. The molecule has 0 atom stereocenters. The predicted octanol–water partition coefficient (Wildman–Crippen LogP) is 1.71. The van der Waals surface area contributed by atoms with Gasteiger partial charge in [-0.1, -0.05) is 6.07 Å². The summed E-state index contributed by atoms with van der Waals surface area (Å²) in [6, 6.07) is 7.20. The molecule has 0 aliphatic rings. The molecule has 0 radical (unpaired) electrons. The number of methoxy groups -OCH3 is 1. The summed E-state index contributed by atoms with van der Waals surface area (Å²) in [5, 5.41) is 8.89. The molecule has 0 saturated carbocycles. The van der Waals surface area contributed by atoms with Crippen molar-refractivity contribution in [2.75, 3.05) is 7.11 Å². The highest BCUT2D eigenvalue weighted by atomic mass is 16.5. The first-order valence-electron chi connectivity index (χ1n) is 5.62. The van der Waals surface area contributed by atoms with Crippen LogP contribution in [0.25, 0.3) is 0 Å². The second-order valence-corrected chi connectivity index (χ2v) is 3.90. The van der Waals surface area contributed by atoms with E-state index in [0.29, 0.717) is 17.2 Å². The molecule has 0 unspecified atom stereocenters. The van der Waals surface area contributed by atoms with E-state index in [1.165, 1.54) is 10.8 Å². The minimum absolute atomic E-state index is 0.00996. The van der Waals surface area contributed by atoms with Gasteiger partial charge in [0.05, 0.1) is 19.0 Å². The Morgan fingerprint density at radius 2 is 2.16 bits per heavy atom. The van der Waals surface area contributed by atoms with E-state index in [1.807, 2.05) is 12.1 Å². The molecule has 6 nitrogen and oxygen atoms in total. The average molecular weight is 262 g/mol. The van der Waals surface area contributed by atoms with Crippen LogP contribution in [0.15, 0.2) is 30.5 Å². The van der Waals surface area contributed by atoms with Gasteiger partial charge in [-0.3, -0.25) is 0 Å². The zero-order valence-electron chi connectivity index (χ0n) is 10.7. The number of carbonyl (C=O) groups is 1. The number of benzene rings is 1. The Hall–Kier alpha value is -2.50. The van der Waals surface area contributed by atoms with Crippen molar-refractivity contribution in [2.45, 2.75) is 6.61 Å². The number of hydrogen-bond acceptors (Lipinski definition) is 4. The largest absolute Gasteiger partial charge is 0.497 e. The Labute approximate surface area is 110 Å². The van der Waals surface area contributed by atoms with Crippen molar-refractivity contribution in [3.05, 3.63) is 42.0 Å². The first-order valence-corrected chi connectivity index (χ1v) is 5.62. The quantitative estimate of drug-likeness (QED) is 0.887. The Balaban J connectivity index is 2.08. The van der Waals surface area contributed by atoms with Crippen molar-refractivity contribution < 1.29 is 19.4 Å². The average Bonchev–Trinajstić information content (AvgIpc) is 2.78.